The van der Waals surface area contributed by atoms with Crippen LogP contribution in [-0.2, 0) is 11.3 Å². The Balaban J connectivity index is 1.02. The van der Waals surface area contributed by atoms with Crippen molar-refractivity contribution in [3.63, 3.8) is 0 Å². The molecule has 0 N–H and O–H groups in total. The topological polar surface area (TPSA) is 85.3 Å². The van der Waals surface area contributed by atoms with Gasteiger partial charge in [0.15, 0.2) is 5.69 Å². The first-order chi connectivity index (χ1) is 19.2. The molecular formula is C30H35N7O2. The molecule has 1 aromatic carbocycles. The number of hydrogen-bond acceptors (Lipinski definition) is 8. The van der Waals surface area contributed by atoms with Gasteiger partial charge in [0, 0.05) is 62.9 Å². The Labute approximate surface area is 228 Å². The second-order valence-corrected chi connectivity index (χ2v) is 11.0. The van der Waals surface area contributed by atoms with Gasteiger partial charge in [-0.3, -0.25) is 9.58 Å². The Morgan fingerprint density at radius 3 is 2.49 bits per heavy atom. The molecule has 5 heterocycles. The van der Waals surface area contributed by atoms with Gasteiger partial charge in [-0.1, -0.05) is 29.4 Å². The number of nitrogens with zero attached hydrogens (tertiary/aromatic N) is 7. The van der Waals surface area contributed by atoms with Crippen LogP contribution in [0.5, 0.6) is 0 Å². The van der Waals surface area contributed by atoms with Gasteiger partial charge in [-0.05, 0) is 67.9 Å². The minimum atomic E-state index is 0.435. The van der Waals surface area contributed by atoms with Crippen LogP contribution in [0.3, 0.4) is 0 Å². The van der Waals surface area contributed by atoms with Crippen molar-refractivity contribution in [1.82, 2.24) is 29.8 Å². The van der Waals surface area contributed by atoms with Gasteiger partial charge in [-0.2, -0.15) is 10.1 Å². The number of benzene rings is 1. The fourth-order valence-electron chi connectivity index (χ4n) is 5.82. The van der Waals surface area contributed by atoms with Crippen LogP contribution in [0.25, 0.3) is 23.0 Å². The lowest BCUT2D eigenvalue weighted by Gasteiger charge is -2.35. The molecule has 3 aliphatic rings. The van der Waals surface area contributed by atoms with Crippen molar-refractivity contribution in [1.29, 1.82) is 0 Å². The van der Waals surface area contributed by atoms with Crippen molar-refractivity contribution < 1.29 is 9.26 Å². The Morgan fingerprint density at radius 2 is 1.72 bits per heavy atom. The number of rotatable bonds is 7. The molecule has 2 saturated heterocycles. The van der Waals surface area contributed by atoms with Crippen molar-refractivity contribution >= 4 is 5.82 Å². The second kappa shape index (κ2) is 10.5. The molecule has 1 aliphatic carbocycles. The van der Waals surface area contributed by atoms with Crippen molar-refractivity contribution in [3.8, 4) is 23.0 Å². The van der Waals surface area contributed by atoms with Crippen LogP contribution in [0.15, 0.2) is 53.2 Å². The van der Waals surface area contributed by atoms with Crippen molar-refractivity contribution in [2.45, 2.75) is 51.1 Å². The maximum atomic E-state index is 5.62. The largest absolute Gasteiger partial charge is 0.381 e. The summed E-state index contributed by atoms with van der Waals surface area (Å²) in [5.74, 6) is 2.63. The van der Waals surface area contributed by atoms with E-state index in [1.54, 1.807) is 0 Å². The number of aryl methyl sites for hydroxylation is 1. The summed E-state index contributed by atoms with van der Waals surface area (Å²) in [5, 5.41) is 9.04. The zero-order valence-electron chi connectivity index (χ0n) is 22.5. The molecule has 0 amide bonds. The smallest absolute Gasteiger partial charge is 0.278 e. The number of pyridine rings is 1. The van der Waals surface area contributed by atoms with E-state index >= 15 is 0 Å². The van der Waals surface area contributed by atoms with E-state index in [-0.39, 0.29) is 0 Å². The lowest BCUT2D eigenvalue weighted by Crippen LogP contribution is -2.47. The lowest BCUT2D eigenvalue weighted by molar-refractivity contribution is 0.0853. The van der Waals surface area contributed by atoms with Gasteiger partial charge >= 0.3 is 0 Å². The van der Waals surface area contributed by atoms with E-state index < -0.39 is 0 Å². The molecule has 202 valence electrons. The summed E-state index contributed by atoms with van der Waals surface area (Å²) in [6, 6.07) is 15.6. The summed E-state index contributed by atoms with van der Waals surface area (Å²) in [4.78, 5) is 14.4. The highest BCUT2D eigenvalue weighted by molar-refractivity contribution is 5.58. The molecule has 0 bridgehead atoms. The van der Waals surface area contributed by atoms with Crippen LogP contribution in [-0.4, -0.2) is 75.2 Å². The first-order valence-electron chi connectivity index (χ1n) is 14.2. The van der Waals surface area contributed by atoms with Crippen LogP contribution in [0.4, 0.5) is 5.82 Å². The molecule has 0 atom stereocenters. The Kier molecular flexibility index (Phi) is 6.62. The van der Waals surface area contributed by atoms with Gasteiger partial charge in [0.25, 0.3) is 5.89 Å². The van der Waals surface area contributed by atoms with Gasteiger partial charge in [0.2, 0.25) is 5.82 Å². The van der Waals surface area contributed by atoms with Gasteiger partial charge in [-0.25, -0.2) is 4.98 Å². The predicted molar refractivity (Wildman–Crippen MR) is 149 cm³/mol. The highest BCUT2D eigenvalue weighted by atomic mass is 16.5. The van der Waals surface area contributed by atoms with E-state index in [0.717, 1.165) is 75.4 Å². The molecule has 0 radical (unpaired) electrons. The number of piperazine rings is 1. The third-order valence-electron chi connectivity index (χ3n) is 8.33. The van der Waals surface area contributed by atoms with E-state index in [4.69, 9.17) is 14.4 Å². The normalized spacial score (nSPS) is 19.1. The summed E-state index contributed by atoms with van der Waals surface area (Å²) in [5.41, 5.74) is 5.20. The first-order valence-corrected chi connectivity index (χ1v) is 14.2. The number of aromatic nitrogens is 5. The van der Waals surface area contributed by atoms with E-state index in [1.165, 1.54) is 24.0 Å². The number of ether oxygens (including phenoxy) is 1. The molecule has 9 heteroatoms. The van der Waals surface area contributed by atoms with Crippen molar-refractivity contribution in [3.05, 3.63) is 65.5 Å². The van der Waals surface area contributed by atoms with E-state index in [1.807, 2.05) is 16.9 Å². The maximum absolute atomic E-state index is 5.62. The van der Waals surface area contributed by atoms with Gasteiger partial charge in [0.05, 0.1) is 6.54 Å². The molecule has 1 saturated carbocycles. The Morgan fingerprint density at radius 1 is 0.923 bits per heavy atom. The van der Waals surface area contributed by atoms with Crippen LogP contribution in [0.2, 0.25) is 0 Å². The Hall–Kier alpha value is -3.56. The number of hydrogen-bond donors (Lipinski definition) is 0. The lowest BCUT2D eigenvalue weighted by atomic mass is 9.91. The summed E-state index contributed by atoms with van der Waals surface area (Å²) < 4.78 is 13.1. The van der Waals surface area contributed by atoms with Crippen LogP contribution < -0.4 is 4.90 Å². The van der Waals surface area contributed by atoms with Crippen LogP contribution in [0.1, 0.15) is 48.4 Å². The molecule has 3 fully saturated rings. The SMILES string of the molecule is Cc1cc(-c2nc(-c3ccc(C4CCOCC4)cc3)no2)nn1Cc1ccnc(N2CCN(C3CC3)CC2)c1. The molecular weight excluding hydrogens is 490 g/mol. The first kappa shape index (κ1) is 24.5. The minimum absolute atomic E-state index is 0.435. The molecule has 0 unspecified atom stereocenters. The van der Waals surface area contributed by atoms with Gasteiger partial charge < -0.3 is 14.2 Å². The monoisotopic (exact) mass is 525 g/mol. The number of anilines is 1. The molecule has 2 aliphatic heterocycles. The maximum Gasteiger partial charge on any atom is 0.278 e. The van der Waals surface area contributed by atoms with E-state index in [9.17, 15) is 0 Å². The van der Waals surface area contributed by atoms with E-state index in [0.29, 0.717) is 29.9 Å². The zero-order valence-corrected chi connectivity index (χ0v) is 22.5. The Bertz CT molecular complexity index is 1410. The molecule has 4 aromatic rings. The van der Waals surface area contributed by atoms with E-state index in [2.05, 4.69) is 68.2 Å². The summed E-state index contributed by atoms with van der Waals surface area (Å²) in [6.45, 7) is 8.74. The second-order valence-electron chi connectivity index (χ2n) is 11.0. The highest BCUT2D eigenvalue weighted by Gasteiger charge is 2.31. The minimum Gasteiger partial charge on any atom is -0.381 e. The van der Waals surface area contributed by atoms with Crippen LogP contribution >= 0.6 is 0 Å². The van der Waals surface area contributed by atoms with Gasteiger partial charge in [0.1, 0.15) is 5.82 Å². The average Bonchev–Trinajstić information content (AvgIpc) is 3.61. The summed E-state index contributed by atoms with van der Waals surface area (Å²) in [6.07, 6.45) is 6.80. The fourth-order valence-corrected chi connectivity index (χ4v) is 5.82. The van der Waals surface area contributed by atoms with Crippen molar-refractivity contribution in [2.75, 3.05) is 44.3 Å². The third kappa shape index (κ3) is 5.33. The average molecular weight is 526 g/mol. The molecule has 39 heavy (non-hydrogen) atoms. The predicted octanol–water partition coefficient (Wildman–Crippen LogP) is 4.53. The summed E-state index contributed by atoms with van der Waals surface area (Å²) >= 11 is 0. The standard InChI is InChI=1S/C30H35N7O2/c1-21-18-27(30-32-29(34-39-30)25-4-2-23(3-5-25)24-9-16-38-17-10-24)33-37(21)20-22-8-11-31-28(19-22)36-14-12-35(13-15-36)26-6-7-26/h2-5,8,11,18-19,24,26H,6-7,9-10,12-17,20H2,1H3. The fraction of sp³-hybridized carbons (Fsp3) is 0.467. The molecule has 3 aromatic heterocycles. The molecule has 7 rings (SSSR count). The highest BCUT2D eigenvalue weighted by Crippen LogP contribution is 2.30. The van der Waals surface area contributed by atoms with Crippen LogP contribution in [0, 0.1) is 6.92 Å². The zero-order chi connectivity index (χ0) is 26.2. The third-order valence-corrected chi connectivity index (χ3v) is 8.33. The molecule has 9 nitrogen and oxygen atoms in total. The summed E-state index contributed by atoms with van der Waals surface area (Å²) in [7, 11) is 0. The quantitative estimate of drug-likeness (QED) is 0.348. The van der Waals surface area contributed by atoms with Gasteiger partial charge in [-0.15, -0.1) is 0 Å². The van der Waals surface area contributed by atoms with Crippen molar-refractivity contribution in [2.24, 2.45) is 0 Å². The molecule has 0 spiro atoms.